The molecule has 0 bridgehead atoms. The minimum absolute atomic E-state index is 0.00359. The molecule has 6 rings (SSSR count). The number of nitrogens with zero attached hydrogens (tertiary/aromatic N) is 3. The van der Waals surface area contributed by atoms with Crippen LogP contribution >= 0.6 is 0 Å². The third-order valence-electron chi connectivity index (χ3n) is 8.82. The summed E-state index contributed by atoms with van der Waals surface area (Å²) >= 11 is 0. The predicted molar refractivity (Wildman–Crippen MR) is 183 cm³/mol. The fourth-order valence-corrected chi connectivity index (χ4v) is 5.95. The van der Waals surface area contributed by atoms with Gasteiger partial charge < -0.3 is 15.2 Å². The molecular weight excluding hydrogens is 613 g/mol. The van der Waals surface area contributed by atoms with Crippen LogP contribution in [-0.2, 0) is 18.3 Å². The van der Waals surface area contributed by atoms with Crippen LogP contribution in [0, 0.1) is 5.82 Å². The number of amides is 1. The van der Waals surface area contributed by atoms with E-state index in [4.69, 9.17) is 5.73 Å². The topological polar surface area (TPSA) is 81.2 Å². The molecule has 1 saturated heterocycles. The summed E-state index contributed by atoms with van der Waals surface area (Å²) in [4.78, 5) is 31.1. The Balaban J connectivity index is 1.23. The van der Waals surface area contributed by atoms with E-state index < -0.39 is 5.92 Å². The third-order valence-corrected chi connectivity index (χ3v) is 8.82. The van der Waals surface area contributed by atoms with E-state index in [1.807, 2.05) is 49.5 Å². The summed E-state index contributed by atoms with van der Waals surface area (Å²) in [7, 11) is 1.96. The van der Waals surface area contributed by atoms with Crippen molar-refractivity contribution in [3.05, 3.63) is 126 Å². The Morgan fingerprint density at radius 2 is 1.54 bits per heavy atom. The molecule has 2 aromatic heterocycles. The first-order valence-corrected chi connectivity index (χ1v) is 15.8. The summed E-state index contributed by atoms with van der Waals surface area (Å²) in [6.07, 6.45) is 5.14. The number of ketones is 1. The lowest BCUT2D eigenvalue weighted by Gasteiger charge is -2.31. The number of pyridine rings is 1. The van der Waals surface area contributed by atoms with Crippen molar-refractivity contribution >= 4 is 23.6 Å². The number of carbonyl (C=O) groups excluding carboxylic acids is 2. The fraction of sp³-hybridized carbons (Fsp3) is 0.205. The molecule has 48 heavy (non-hydrogen) atoms. The molecule has 1 fully saturated rings. The van der Waals surface area contributed by atoms with Gasteiger partial charge in [-0.3, -0.25) is 9.59 Å². The first kappa shape index (κ1) is 32.5. The minimum atomic E-state index is -2.72. The normalized spacial score (nSPS) is 14.4. The van der Waals surface area contributed by atoms with Gasteiger partial charge >= 0.3 is 0 Å². The van der Waals surface area contributed by atoms with Crippen LogP contribution in [0.1, 0.15) is 40.9 Å². The average molecular weight is 649 g/mol. The van der Waals surface area contributed by atoms with E-state index in [0.717, 1.165) is 44.8 Å². The molecular formula is C39H35F3N4O2. The Bertz CT molecular complexity index is 1950. The van der Waals surface area contributed by atoms with Gasteiger partial charge in [0, 0.05) is 68.1 Å². The van der Waals surface area contributed by atoms with E-state index in [2.05, 4.69) is 9.55 Å². The molecule has 0 spiro atoms. The molecule has 5 aromatic rings. The number of anilines is 1. The molecule has 1 amide bonds. The van der Waals surface area contributed by atoms with E-state index in [1.54, 1.807) is 54.7 Å². The molecule has 6 nitrogen and oxygen atoms in total. The summed E-state index contributed by atoms with van der Waals surface area (Å²) in [5.74, 6) is -2.89. The molecule has 1 aliphatic rings. The Labute approximate surface area is 277 Å². The number of nitrogen functional groups attached to an aromatic ring is 1. The quantitative estimate of drug-likeness (QED) is 0.163. The van der Waals surface area contributed by atoms with E-state index in [1.165, 1.54) is 17.0 Å². The molecule has 1 aliphatic heterocycles. The molecule has 0 atom stereocenters. The standard InChI is InChI=1S/C39H35F3N4O2/c1-45-32(13-16-33(47)15-2-26-3-19-37(43)44-25-26)14-18-36(45)34-17-10-30(24-35(34)28-8-11-31(40)12-9-28)27-4-6-29(7-5-27)38(48)46-22-20-39(41,42)21-23-46/h2-12,14-15,17-19,24-25H,13,16,20-23H2,1H3,(H2,43,44)/b15-2+. The number of halogens is 3. The molecule has 244 valence electrons. The van der Waals surface area contributed by atoms with Crippen LogP contribution in [0.5, 0.6) is 0 Å². The third kappa shape index (κ3) is 7.41. The van der Waals surface area contributed by atoms with E-state index in [9.17, 15) is 22.8 Å². The Hall–Kier alpha value is -5.44. The van der Waals surface area contributed by atoms with Crippen molar-refractivity contribution in [3.8, 4) is 33.5 Å². The number of aryl methyl sites for hydroxylation is 1. The van der Waals surface area contributed by atoms with Crippen molar-refractivity contribution < 1.29 is 22.8 Å². The number of likely N-dealkylation sites (tertiary alicyclic amines) is 1. The lowest BCUT2D eigenvalue weighted by molar-refractivity contribution is -0.114. The van der Waals surface area contributed by atoms with E-state index in [-0.39, 0.29) is 43.4 Å². The zero-order chi connectivity index (χ0) is 33.8. The monoisotopic (exact) mass is 648 g/mol. The number of allylic oxidation sites excluding steroid dienone is 1. The van der Waals surface area contributed by atoms with Gasteiger partial charge in [0.15, 0.2) is 5.78 Å². The summed E-state index contributed by atoms with van der Waals surface area (Å²) in [5.41, 5.74) is 13.3. The number of hydrogen-bond donors (Lipinski definition) is 1. The van der Waals surface area contributed by atoms with Crippen molar-refractivity contribution in [3.63, 3.8) is 0 Å². The van der Waals surface area contributed by atoms with Gasteiger partial charge in [-0.2, -0.15) is 0 Å². The molecule has 2 N–H and O–H groups in total. The summed E-state index contributed by atoms with van der Waals surface area (Å²) < 4.78 is 43.2. The SMILES string of the molecule is Cn1c(CCC(=O)/C=C/c2ccc(N)nc2)ccc1-c1ccc(-c2ccc(C(=O)N3CCC(F)(F)CC3)cc2)cc1-c1ccc(F)cc1. The van der Waals surface area contributed by atoms with E-state index in [0.29, 0.717) is 24.2 Å². The highest BCUT2D eigenvalue weighted by atomic mass is 19.3. The van der Waals surface area contributed by atoms with Gasteiger partial charge in [0.2, 0.25) is 0 Å². The van der Waals surface area contributed by atoms with Crippen molar-refractivity contribution in [2.24, 2.45) is 7.05 Å². The number of piperidine rings is 1. The van der Waals surface area contributed by atoms with Gasteiger partial charge in [-0.05, 0) is 101 Å². The number of hydrogen-bond acceptors (Lipinski definition) is 4. The zero-order valence-corrected chi connectivity index (χ0v) is 26.5. The van der Waals surface area contributed by atoms with Crippen LogP contribution in [0.15, 0.2) is 103 Å². The molecule has 0 aliphatic carbocycles. The fourth-order valence-electron chi connectivity index (χ4n) is 5.95. The van der Waals surface area contributed by atoms with Crippen molar-refractivity contribution in [1.82, 2.24) is 14.5 Å². The van der Waals surface area contributed by atoms with Crippen LogP contribution in [0.25, 0.3) is 39.6 Å². The van der Waals surface area contributed by atoms with Crippen LogP contribution in [0.3, 0.4) is 0 Å². The van der Waals surface area contributed by atoms with Crippen LogP contribution in [-0.4, -0.2) is 45.2 Å². The zero-order valence-electron chi connectivity index (χ0n) is 26.5. The van der Waals surface area contributed by atoms with Crippen LogP contribution < -0.4 is 5.73 Å². The second kappa shape index (κ2) is 13.7. The molecule has 0 saturated carbocycles. The second-order valence-corrected chi connectivity index (χ2v) is 12.1. The predicted octanol–water partition coefficient (Wildman–Crippen LogP) is 8.23. The van der Waals surface area contributed by atoms with Crippen molar-refractivity contribution in [2.45, 2.75) is 31.6 Å². The number of alkyl halides is 2. The molecule has 0 unspecified atom stereocenters. The van der Waals surface area contributed by atoms with Crippen molar-refractivity contribution in [1.29, 1.82) is 0 Å². The van der Waals surface area contributed by atoms with Gasteiger partial charge in [0.25, 0.3) is 11.8 Å². The number of benzene rings is 3. The maximum Gasteiger partial charge on any atom is 0.253 e. The highest BCUT2D eigenvalue weighted by Crippen LogP contribution is 2.37. The molecule has 3 aromatic carbocycles. The molecule has 3 heterocycles. The highest BCUT2D eigenvalue weighted by molar-refractivity contribution is 5.95. The maximum atomic E-state index is 13.9. The van der Waals surface area contributed by atoms with Gasteiger partial charge in [-0.15, -0.1) is 0 Å². The summed E-state index contributed by atoms with van der Waals surface area (Å²) in [5, 5.41) is 0. The summed E-state index contributed by atoms with van der Waals surface area (Å²) in [6, 6.07) is 27.1. The van der Waals surface area contributed by atoms with Gasteiger partial charge in [0.05, 0.1) is 0 Å². The minimum Gasteiger partial charge on any atom is -0.384 e. The second-order valence-electron chi connectivity index (χ2n) is 12.1. The molecule has 9 heteroatoms. The van der Waals surface area contributed by atoms with Gasteiger partial charge in [0.1, 0.15) is 11.6 Å². The number of nitrogens with two attached hydrogens (primary N) is 1. The lowest BCUT2D eigenvalue weighted by Crippen LogP contribution is -2.42. The maximum absolute atomic E-state index is 13.9. The first-order valence-electron chi connectivity index (χ1n) is 15.8. The Morgan fingerprint density at radius 1 is 0.854 bits per heavy atom. The average Bonchev–Trinajstić information content (AvgIpc) is 3.46. The van der Waals surface area contributed by atoms with E-state index >= 15 is 0 Å². The van der Waals surface area contributed by atoms with Gasteiger partial charge in [-0.25, -0.2) is 18.2 Å². The molecule has 0 radical (unpaired) electrons. The van der Waals surface area contributed by atoms with Crippen LogP contribution in [0.4, 0.5) is 19.0 Å². The Morgan fingerprint density at radius 3 is 2.23 bits per heavy atom. The van der Waals surface area contributed by atoms with Crippen LogP contribution in [0.2, 0.25) is 0 Å². The number of carbonyl (C=O) groups is 2. The first-order chi connectivity index (χ1) is 23.1. The lowest BCUT2D eigenvalue weighted by atomic mass is 9.92. The summed E-state index contributed by atoms with van der Waals surface area (Å²) in [6.45, 7) is 0.0689. The largest absolute Gasteiger partial charge is 0.384 e. The Kier molecular flexibility index (Phi) is 9.30. The smallest absolute Gasteiger partial charge is 0.253 e. The van der Waals surface area contributed by atoms with Crippen molar-refractivity contribution in [2.75, 3.05) is 18.8 Å². The number of aromatic nitrogens is 2. The number of rotatable bonds is 9. The highest BCUT2D eigenvalue weighted by Gasteiger charge is 2.35. The van der Waals surface area contributed by atoms with Gasteiger partial charge in [-0.1, -0.05) is 36.4 Å².